The number of benzene rings is 1. The number of phenols is 1. The highest BCUT2D eigenvalue weighted by Crippen LogP contribution is 2.25. The second-order valence-electron chi connectivity index (χ2n) is 4.77. The molecule has 0 aromatic heterocycles. The number of aromatic hydroxyl groups is 1. The van der Waals surface area contributed by atoms with Crippen LogP contribution in [0.5, 0.6) is 11.5 Å². The van der Waals surface area contributed by atoms with Crippen molar-refractivity contribution >= 4 is 22.0 Å². The standard InChI is InChI=1S/C13H16N2O5S/c1-20-12-6-9(2-3-11(12)16)7-14-15-13(17)10-4-5-21(18,19)8-10/h2-3,6-7,10,16H,4-5,8H2,1H3,(H,15,17)/b14-7+/t10-/m0/s1. The highest BCUT2D eigenvalue weighted by atomic mass is 32.2. The molecule has 0 saturated carbocycles. The lowest BCUT2D eigenvalue weighted by molar-refractivity contribution is -0.124. The van der Waals surface area contributed by atoms with Gasteiger partial charge in [0.2, 0.25) is 5.91 Å². The fourth-order valence-corrected chi connectivity index (χ4v) is 3.78. The first-order valence-corrected chi connectivity index (χ1v) is 8.14. The Balaban J connectivity index is 1.95. The summed E-state index contributed by atoms with van der Waals surface area (Å²) >= 11 is 0. The fraction of sp³-hybridized carbons (Fsp3) is 0.385. The summed E-state index contributed by atoms with van der Waals surface area (Å²) in [6.45, 7) is 0. The molecule has 1 aromatic carbocycles. The van der Waals surface area contributed by atoms with Gasteiger partial charge < -0.3 is 9.84 Å². The van der Waals surface area contributed by atoms with Crippen LogP contribution in [0.2, 0.25) is 0 Å². The minimum atomic E-state index is -3.09. The number of carbonyl (C=O) groups excluding carboxylic acids is 1. The van der Waals surface area contributed by atoms with Crippen molar-refractivity contribution in [2.45, 2.75) is 6.42 Å². The highest BCUT2D eigenvalue weighted by Gasteiger charge is 2.32. The summed E-state index contributed by atoms with van der Waals surface area (Å²) in [4.78, 5) is 11.7. The van der Waals surface area contributed by atoms with Gasteiger partial charge in [-0.3, -0.25) is 4.79 Å². The van der Waals surface area contributed by atoms with E-state index in [9.17, 15) is 18.3 Å². The van der Waals surface area contributed by atoms with Crippen molar-refractivity contribution in [2.75, 3.05) is 18.6 Å². The van der Waals surface area contributed by atoms with Gasteiger partial charge in [0.25, 0.3) is 0 Å². The highest BCUT2D eigenvalue weighted by molar-refractivity contribution is 7.91. The molecule has 1 fully saturated rings. The summed E-state index contributed by atoms with van der Waals surface area (Å²) in [5.74, 6) is -0.715. The van der Waals surface area contributed by atoms with Crippen LogP contribution in [-0.2, 0) is 14.6 Å². The zero-order valence-corrected chi connectivity index (χ0v) is 12.3. The van der Waals surface area contributed by atoms with E-state index in [4.69, 9.17) is 4.74 Å². The molecule has 1 amide bonds. The summed E-state index contributed by atoms with van der Waals surface area (Å²) in [6.07, 6.45) is 1.72. The van der Waals surface area contributed by atoms with E-state index < -0.39 is 21.7 Å². The Labute approximate surface area is 122 Å². The van der Waals surface area contributed by atoms with Crippen molar-refractivity contribution in [1.29, 1.82) is 0 Å². The fourth-order valence-electron chi connectivity index (χ4n) is 2.04. The van der Waals surface area contributed by atoms with Crippen LogP contribution >= 0.6 is 0 Å². The first kappa shape index (κ1) is 15.3. The van der Waals surface area contributed by atoms with E-state index in [1.165, 1.54) is 19.4 Å². The molecule has 2 rings (SSSR count). The normalized spacial score (nSPS) is 20.5. The van der Waals surface area contributed by atoms with Crippen LogP contribution in [0.25, 0.3) is 0 Å². The van der Waals surface area contributed by atoms with Gasteiger partial charge in [-0.05, 0) is 30.2 Å². The van der Waals surface area contributed by atoms with E-state index in [0.29, 0.717) is 17.7 Å². The third kappa shape index (κ3) is 3.94. The van der Waals surface area contributed by atoms with E-state index in [2.05, 4.69) is 10.5 Å². The molecule has 1 heterocycles. The molecule has 2 N–H and O–H groups in total. The van der Waals surface area contributed by atoms with Gasteiger partial charge in [0.1, 0.15) is 0 Å². The molecule has 21 heavy (non-hydrogen) atoms. The molecule has 0 spiro atoms. The Kier molecular flexibility index (Phi) is 4.46. The molecule has 114 valence electrons. The number of nitrogens with zero attached hydrogens (tertiary/aromatic N) is 1. The van der Waals surface area contributed by atoms with Crippen LogP contribution in [0.3, 0.4) is 0 Å². The van der Waals surface area contributed by atoms with E-state index >= 15 is 0 Å². The smallest absolute Gasteiger partial charge is 0.244 e. The van der Waals surface area contributed by atoms with Crippen LogP contribution in [0.4, 0.5) is 0 Å². The molecule has 7 nitrogen and oxygen atoms in total. The van der Waals surface area contributed by atoms with Crippen molar-refractivity contribution < 1.29 is 23.1 Å². The molecule has 1 aliphatic heterocycles. The van der Waals surface area contributed by atoms with Crippen molar-refractivity contribution in [3.05, 3.63) is 23.8 Å². The molecule has 1 aliphatic rings. The summed E-state index contributed by atoms with van der Waals surface area (Å²) in [5.41, 5.74) is 2.95. The Hall–Kier alpha value is -2.09. The van der Waals surface area contributed by atoms with Crippen molar-refractivity contribution in [2.24, 2.45) is 11.0 Å². The Bertz CT molecular complexity index is 669. The molecular weight excluding hydrogens is 296 g/mol. The van der Waals surface area contributed by atoms with Crippen molar-refractivity contribution in [3.8, 4) is 11.5 Å². The number of phenolic OH excluding ortho intramolecular Hbond substituents is 1. The quantitative estimate of drug-likeness (QED) is 0.614. The minimum absolute atomic E-state index is 0.00912. The average Bonchev–Trinajstić information content (AvgIpc) is 2.81. The Morgan fingerprint density at radius 1 is 1.52 bits per heavy atom. The average molecular weight is 312 g/mol. The second kappa shape index (κ2) is 6.13. The minimum Gasteiger partial charge on any atom is -0.504 e. The number of rotatable bonds is 4. The third-order valence-corrected chi connectivity index (χ3v) is 4.96. The van der Waals surface area contributed by atoms with Gasteiger partial charge in [0.05, 0.1) is 30.7 Å². The van der Waals surface area contributed by atoms with Crippen molar-refractivity contribution in [1.82, 2.24) is 5.43 Å². The number of carbonyl (C=O) groups is 1. The zero-order valence-electron chi connectivity index (χ0n) is 11.4. The number of ether oxygens (including phenoxy) is 1. The van der Waals surface area contributed by atoms with E-state index in [0.717, 1.165) is 0 Å². The summed E-state index contributed by atoms with van der Waals surface area (Å²) < 4.78 is 27.5. The molecule has 0 bridgehead atoms. The number of sulfone groups is 1. The second-order valence-corrected chi connectivity index (χ2v) is 6.99. The maximum atomic E-state index is 11.7. The Morgan fingerprint density at radius 2 is 2.29 bits per heavy atom. The van der Waals surface area contributed by atoms with E-state index in [1.54, 1.807) is 12.1 Å². The lowest BCUT2D eigenvalue weighted by Crippen LogP contribution is -2.27. The molecule has 1 aromatic rings. The number of hydrazone groups is 1. The van der Waals surface area contributed by atoms with Gasteiger partial charge in [0.15, 0.2) is 21.3 Å². The first-order chi connectivity index (χ1) is 9.91. The van der Waals surface area contributed by atoms with Crippen LogP contribution in [0, 0.1) is 5.92 Å². The molecule has 1 atom stereocenters. The zero-order chi connectivity index (χ0) is 15.5. The summed E-state index contributed by atoms with van der Waals surface area (Å²) in [7, 11) is -1.66. The van der Waals surface area contributed by atoms with Crippen molar-refractivity contribution in [3.63, 3.8) is 0 Å². The van der Waals surface area contributed by atoms with Crippen LogP contribution in [0.15, 0.2) is 23.3 Å². The molecule has 8 heteroatoms. The predicted octanol–water partition coefficient (Wildman–Crippen LogP) is 0.286. The number of hydrogen-bond donors (Lipinski definition) is 2. The van der Waals surface area contributed by atoms with Gasteiger partial charge in [0, 0.05) is 0 Å². The molecule has 0 radical (unpaired) electrons. The lowest BCUT2D eigenvalue weighted by atomic mass is 10.1. The van der Waals surface area contributed by atoms with E-state index in [1.807, 2.05) is 0 Å². The molecular formula is C13H16N2O5S. The monoisotopic (exact) mass is 312 g/mol. The van der Waals surface area contributed by atoms with Gasteiger partial charge in [-0.25, -0.2) is 13.8 Å². The SMILES string of the molecule is COc1cc(/C=N/NC(=O)[C@H]2CCS(=O)(=O)C2)ccc1O. The number of hydrogen-bond acceptors (Lipinski definition) is 6. The van der Waals surface area contributed by atoms with E-state index in [-0.39, 0.29) is 17.3 Å². The number of methoxy groups -OCH3 is 1. The molecule has 0 aliphatic carbocycles. The Morgan fingerprint density at radius 3 is 2.90 bits per heavy atom. The van der Waals surface area contributed by atoms with Gasteiger partial charge in [-0.15, -0.1) is 0 Å². The molecule has 1 saturated heterocycles. The maximum Gasteiger partial charge on any atom is 0.244 e. The summed E-state index contributed by atoms with van der Waals surface area (Å²) in [6, 6.07) is 4.62. The maximum absolute atomic E-state index is 11.7. The van der Waals surface area contributed by atoms with Gasteiger partial charge >= 0.3 is 0 Å². The van der Waals surface area contributed by atoms with Crippen LogP contribution in [0.1, 0.15) is 12.0 Å². The third-order valence-electron chi connectivity index (χ3n) is 3.20. The molecule has 0 unspecified atom stereocenters. The topological polar surface area (TPSA) is 105 Å². The van der Waals surface area contributed by atoms with Gasteiger partial charge in [-0.1, -0.05) is 0 Å². The van der Waals surface area contributed by atoms with Gasteiger partial charge in [-0.2, -0.15) is 5.10 Å². The first-order valence-electron chi connectivity index (χ1n) is 6.31. The summed E-state index contributed by atoms with van der Waals surface area (Å²) in [5, 5.41) is 13.2. The number of amides is 1. The lowest BCUT2D eigenvalue weighted by Gasteiger charge is -2.05. The van der Waals surface area contributed by atoms with Crippen LogP contribution < -0.4 is 10.2 Å². The number of nitrogens with one attached hydrogen (secondary N) is 1. The largest absolute Gasteiger partial charge is 0.504 e. The van der Waals surface area contributed by atoms with Crippen LogP contribution in [-0.4, -0.2) is 44.3 Å². The predicted molar refractivity (Wildman–Crippen MR) is 77.2 cm³/mol.